The Morgan fingerprint density at radius 3 is 2.40 bits per heavy atom. The molecule has 5 aromatic rings. The summed E-state index contributed by atoms with van der Waals surface area (Å²) in [6.07, 6.45) is -4.65. The highest BCUT2D eigenvalue weighted by Gasteiger charge is 2.35. The first kappa shape index (κ1) is 18.8. The second-order valence-electron chi connectivity index (χ2n) is 6.21. The molecule has 0 bridgehead atoms. The molecular weight excluding hydrogens is 439 g/mol. The fourth-order valence-corrected chi connectivity index (χ4v) is 3.89. The average Bonchev–Trinajstić information content (AvgIpc) is 3.45. The van der Waals surface area contributed by atoms with E-state index >= 15 is 0 Å². The van der Waals surface area contributed by atoms with Gasteiger partial charge in [0.05, 0.1) is 14.9 Å². The molecule has 0 spiro atoms. The van der Waals surface area contributed by atoms with Crippen molar-refractivity contribution < 1.29 is 17.6 Å². The molecule has 150 valence electrons. The summed E-state index contributed by atoms with van der Waals surface area (Å²) >= 11 is 7.06. The molecule has 6 nitrogen and oxygen atoms in total. The Bertz CT molecular complexity index is 1360. The lowest BCUT2D eigenvalue weighted by atomic mass is 10.2. The first-order valence-electron chi connectivity index (χ1n) is 8.51. The quantitative estimate of drug-likeness (QED) is 0.347. The maximum Gasteiger partial charge on any atom is 0.433 e. The van der Waals surface area contributed by atoms with Crippen molar-refractivity contribution in [3.05, 3.63) is 64.6 Å². The van der Waals surface area contributed by atoms with Crippen molar-refractivity contribution in [3.8, 4) is 33.6 Å². The van der Waals surface area contributed by atoms with Crippen LogP contribution in [0.3, 0.4) is 0 Å². The van der Waals surface area contributed by atoms with Crippen LogP contribution in [-0.2, 0) is 6.18 Å². The highest BCUT2D eigenvalue weighted by atomic mass is 35.5. The highest BCUT2D eigenvalue weighted by Crippen LogP contribution is 2.36. The minimum atomic E-state index is -4.65. The zero-order valence-corrected chi connectivity index (χ0v) is 16.3. The van der Waals surface area contributed by atoms with Crippen LogP contribution < -0.4 is 0 Å². The van der Waals surface area contributed by atoms with Gasteiger partial charge >= 0.3 is 6.18 Å². The summed E-state index contributed by atoms with van der Waals surface area (Å²) in [6.45, 7) is 0. The van der Waals surface area contributed by atoms with Gasteiger partial charge in [-0.3, -0.25) is 0 Å². The van der Waals surface area contributed by atoms with E-state index in [1.807, 2.05) is 18.2 Å². The van der Waals surface area contributed by atoms with Crippen molar-refractivity contribution in [2.75, 3.05) is 0 Å². The van der Waals surface area contributed by atoms with E-state index in [0.717, 1.165) is 21.9 Å². The third-order valence-electron chi connectivity index (χ3n) is 4.21. The predicted octanol–water partition coefficient (Wildman–Crippen LogP) is 5.85. The van der Waals surface area contributed by atoms with Crippen LogP contribution in [0.4, 0.5) is 13.2 Å². The van der Waals surface area contributed by atoms with Gasteiger partial charge in [-0.2, -0.15) is 18.3 Å². The average molecular weight is 448 g/mol. The Balaban J connectivity index is 1.64. The van der Waals surface area contributed by atoms with E-state index in [0.29, 0.717) is 14.8 Å². The van der Waals surface area contributed by atoms with Gasteiger partial charge in [0, 0.05) is 11.6 Å². The van der Waals surface area contributed by atoms with Crippen molar-refractivity contribution in [1.29, 1.82) is 0 Å². The fourth-order valence-electron chi connectivity index (χ4n) is 2.88. The minimum absolute atomic E-state index is 0.00110. The van der Waals surface area contributed by atoms with Crippen molar-refractivity contribution in [2.45, 2.75) is 6.18 Å². The van der Waals surface area contributed by atoms with E-state index in [-0.39, 0.29) is 28.8 Å². The molecule has 0 atom stereocenters. The molecule has 0 N–H and O–H groups in total. The second-order valence-corrected chi connectivity index (χ2v) is 7.92. The van der Waals surface area contributed by atoms with E-state index in [1.165, 1.54) is 6.07 Å². The smallest absolute Gasteiger partial charge is 0.415 e. The normalized spacial score (nSPS) is 12.0. The number of aromatic nitrogens is 5. The molecular formula is C19H9ClF3N5OS. The van der Waals surface area contributed by atoms with Crippen molar-refractivity contribution in [3.63, 3.8) is 0 Å². The van der Waals surface area contributed by atoms with E-state index in [2.05, 4.69) is 20.3 Å². The lowest BCUT2D eigenvalue weighted by Gasteiger charge is -2.10. The summed E-state index contributed by atoms with van der Waals surface area (Å²) in [4.78, 5) is 4.82. The van der Waals surface area contributed by atoms with Gasteiger partial charge in [-0.1, -0.05) is 29.8 Å². The van der Waals surface area contributed by atoms with Crippen LogP contribution in [-0.4, -0.2) is 24.8 Å². The maximum atomic E-state index is 13.7. The Morgan fingerprint density at radius 1 is 0.933 bits per heavy atom. The van der Waals surface area contributed by atoms with Gasteiger partial charge in [0.2, 0.25) is 5.89 Å². The van der Waals surface area contributed by atoms with Crippen LogP contribution >= 0.6 is 22.9 Å². The maximum absolute atomic E-state index is 13.7. The van der Waals surface area contributed by atoms with Gasteiger partial charge in [-0.15, -0.1) is 21.5 Å². The molecule has 0 radical (unpaired) electrons. The standard InChI is InChI=1S/C19H9ClF3N5OS/c20-15-7-6-13(30-15)11-8-14(19(21,22)23)28-16(24-11)9-12(27-28)18-26-25-17(29-18)10-4-2-1-3-5-10/h1-9H. The number of alkyl halides is 3. The Morgan fingerprint density at radius 2 is 1.70 bits per heavy atom. The summed E-state index contributed by atoms with van der Waals surface area (Å²) in [7, 11) is 0. The van der Waals surface area contributed by atoms with Gasteiger partial charge < -0.3 is 4.42 Å². The highest BCUT2D eigenvalue weighted by molar-refractivity contribution is 7.19. The van der Waals surface area contributed by atoms with Crippen LogP contribution in [0.25, 0.3) is 39.3 Å². The number of nitrogens with zero attached hydrogens (tertiary/aromatic N) is 5. The molecule has 4 heterocycles. The molecule has 1 aromatic carbocycles. The third kappa shape index (κ3) is 3.33. The minimum Gasteiger partial charge on any atom is -0.415 e. The van der Waals surface area contributed by atoms with Gasteiger partial charge in [-0.25, -0.2) is 9.50 Å². The van der Waals surface area contributed by atoms with Crippen molar-refractivity contribution in [1.82, 2.24) is 24.8 Å². The number of hydrogen-bond acceptors (Lipinski definition) is 6. The van der Waals surface area contributed by atoms with Crippen LogP contribution in [0.1, 0.15) is 5.69 Å². The van der Waals surface area contributed by atoms with Crippen LogP contribution in [0, 0.1) is 0 Å². The van der Waals surface area contributed by atoms with Gasteiger partial charge in [0.15, 0.2) is 17.0 Å². The number of fused-ring (bicyclic) bond motifs is 1. The van der Waals surface area contributed by atoms with Gasteiger partial charge in [0.1, 0.15) is 0 Å². The molecule has 5 rings (SSSR count). The molecule has 30 heavy (non-hydrogen) atoms. The zero-order chi connectivity index (χ0) is 20.9. The lowest BCUT2D eigenvalue weighted by Crippen LogP contribution is -2.13. The first-order valence-corrected chi connectivity index (χ1v) is 9.71. The summed E-state index contributed by atoms with van der Waals surface area (Å²) in [5.74, 6) is 0.230. The Kier molecular flexibility index (Phi) is 4.33. The molecule has 0 aliphatic heterocycles. The molecule has 0 aliphatic rings. The van der Waals surface area contributed by atoms with Gasteiger partial charge in [0.25, 0.3) is 5.89 Å². The van der Waals surface area contributed by atoms with E-state index in [9.17, 15) is 13.2 Å². The summed E-state index contributed by atoms with van der Waals surface area (Å²) < 4.78 is 47.9. The number of benzene rings is 1. The van der Waals surface area contributed by atoms with Crippen LogP contribution in [0.15, 0.2) is 59.0 Å². The molecule has 0 unspecified atom stereocenters. The van der Waals surface area contributed by atoms with E-state index < -0.39 is 11.9 Å². The molecule has 0 fully saturated rings. The SMILES string of the molecule is FC(F)(F)c1cc(-c2ccc(Cl)s2)nc2cc(-c3nnc(-c4ccccc4)o3)nn12. The molecule has 11 heteroatoms. The second kappa shape index (κ2) is 6.92. The van der Waals surface area contributed by atoms with Crippen molar-refractivity contribution >= 4 is 28.6 Å². The van der Waals surface area contributed by atoms with E-state index in [1.54, 1.807) is 24.3 Å². The van der Waals surface area contributed by atoms with E-state index in [4.69, 9.17) is 16.0 Å². The predicted molar refractivity (Wildman–Crippen MR) is 105 cm³/mol. The summed E-state index contributed by atoms with van der Waals surface area (Å²) in [5.41, 5.74) is -0.0522. The monoisotopic (exact) mass is 447 g/mol. The third-order valence-corrected chi connectivity index (χ3v) is 5.46. The Hall–Kier alpha value is -3.24. The Labute approximate surface area is 175 Å². The number of hydrogen-bond donors (Lipinski definition) is 0. The largest absolute Gasteiger partial charge is 0.433 e. The van der Waals surface area contributed by atoms with Crippen LogP contribution in [0.2, 0.25) is 4.34 Å². The lowest BCUT2D eigenvalue weighted by molar-refractivity contribution is -0.142. The fraction of sp³-hybridized carbons (Fsp3) is 0.0526. The molecule has 4 aromatic heterocycles. The molecule has 0 saturated heterocycles. The molecule has 0 aliphatic carbocycles. The topological polar surface area (TPSA) is 69.1 Å². The zero-order valence-electron chi connectivity index (χ0n) is 14.8. The number of halogens is 4. The van der Waals surface area contributed by atoms with Crippen LogP contribution in [0.5, 0.6) is 0 Å². The summed E-state index contributed by atoms with van der Waals surface area (Å²) in [6, 6.07) is 14.5. The first-order chi connectivity index (χ1) is 14.4. The molecule has 0 amide bonds. The molecule has 0 saturated carbocycles. The summed E-state index contributed by atoms with van der Waals surface area (Å²) in [5, 5.41) is 11.9. The number of rotatable bonds is 3. The van der Waals surface area contributed by atoms with Crippen molar-refractivity contribution in [2.24, 2.45) is 0 Å². The van der Waals surface area contributed by atoms with Gasteiger partial charge in [-0.05, 0) is 30.3 Å². The number of thiophene rings is 1.